The Morgan fingerprint density at radius 3 is 2.60 bits per heavy atom. The molecule has 4 heterocycles. The van der Waals surface area contributed by atoms with Crippen LogP contribution in [0.4, 0.5) is 11.5 Å². The normalized spacial score (nSPS) is 14.9. The molecule has 5 rings (SSSR count). The molecule has 0 unspecified atom stereocenters. The molecule has 9 heteroatoms. The molecular formula is C26H32N6O3. The highest BCUT2D eigenvalue weighted by Gasteiger charge is 2.19. The Hall–Kier alpha value is -3.43. The van der Waals surface area contributed by atoms with E-state index in [1.807, 2.05) is 48.7 Å². The van der Waals surface area contributed by atoms with Gasteiger partial charge in [0.2, 0.25) is 5.88 Å². The summed E-state index contributed by atoms with van der Waals surface area (Å²) in [7, 11) is 0. The van der Waals surface area contributed by atoms with Crippen LogP contribution < -0.4 is 10.1 Å². The van der Waals surface area contributed by atoms with Crippen molar-refractivity contribution in [3.8, 4) is 17.1 Å². The van der Waals surface area contributed by atoms with Crippen LogP contribution in [-0.2, 0) is 10.2 Å². The zero-order valence-electron chi connectivity index (χ0n) is 20.5. The quantitative estimate of drug-likeness (QED) is 0.371. The Bertz CT molecular complexity index is 1250. The number of nitrogens with one attached hydrogen (secondary N) is 1. The van der Waals surface area contributed by atoms with Crippen LogP contribution in [-0.4, -0.2) is 64.1 Å². The van der Waals surface area contributed by atoms with E-state index in [1.165, 1.54) is 0 Å². The highest BCUT2D eigenvalue weighted by atomic mass is 16.5. The van der Waals surface area contributed by atoms with Crippen LogP contribution in [0.15, 0.2) is 53.2 Å². The summed E-state index contributed by atoms with van der Waals surface area (Å²) in [5.74, 6) is 2.14. The molecule has 0 atom stereocenters. The number of morpholine rings is 1. The lowest BCUT2D eigenvalue weighted by Gasteiger charge is -2.26. The Labute approximate surface area is 205 Å². The fourth-order valence-electron chi connectivity index (χ4n) is 3.93. The van der Waals surface area contributed by atoms with Crippen LogP contribution >= 0.6 is 0 Å². The molecule has 0 aliphatic carbocycles. The Morgan fingerprint density at radius 1 is 1.06 bits per heavy atom. The molecule has 184 valence electrons. The van der Waals surface area contributed by atoms with Crippen LogP contribution in [0.1, 0.15) is 33.0 Å². The van der Waals surface area contributed by atoms with Gasteiger partial charge in [0.15, 0.2) is 11.5 Å². The molecule has 0 spiro atoms. The number of hydrogen-bond acceptors (Lipinski definition) is 8. The molecule has 1 aliphatic heterocycles. The third kappa shape index (κ3) is 5.80. The van der Waals surface area contributed by atoms with Gasteiger partial charge in [0, 0.05) is 48.4 Å². The van der Waals surface area contributed by atoms with Gasteiger partial charge in [0.1, 0.15) is 5.76 Å². The van der Waals surface area contributed by atoms with Crippen molar-refractivity contribution in [1.82, 2.24) is 24.7 Å². The van der Waals surface area contributed by atoms with E-state index in [-0.39, 0.29) is 5.41 Å². The first-order chi connectivity index (χ1) is 16.9. The zero-order chi connectivity index (χ0) is 24.3. The summed E-state index contributed by atoms with van der Waals surface area (Å²) in [5.41, 5.74) is 3.48. The van der Waals surface area contributed by atoms with Gasteiger partial charge in [-0.15, -0.1) is 5.10 Å². The summed E-state index contributed by atoms with van der Waals surface area (Å²) < 4.78 is 18.5. The first-order valence-corrected chi connectivity index (χ1v) is 12.1. The lowest BCUT2D eigenvalue weighted by molar-refractivity contribution is 0.0357. The van der Waals surface area contributed by atoms with Crippen molar-refractivity contribution in [2.75, 3.05) is 44.8 Å². The van der Waals surface area contributed by atoms with Gasteiger partial charge < -0.3 is 19.3 Å². The van der Waals surface area contributed by atoms with Gasteiger partial charge in [-0.25, -0.2) is 9.50 Å². The molecule has 3 aromatic heterocycles. The van der Waals surface area contributed by atoms with E-state index in [1.54, 1.807) is 4.52 Å². The maximum atomic E-state index is 5.88. The summed E-state index contributed by atoms with van der Waals surface area (Å²) >= 11 is 0. The van der Waals surface area contributed by atoms with Crippen molar-refractivity contribution in [2.24, 2.45) is 0 Å². The third-order valence-electron chi connectivity index (χ3n) is 5.97. The van der Waals surface area contributed by atoms with Crippen molar-refractivity contribution < 1.29 is 14.0 Å². The lowest BCUT2D eigenvalue weighted by Crippen LogP contribution is -2.37. The van der Waals surface area contributed by atoms with Gasteiger partial charge in [-0.05, 0) is 24.6 Å². The summed E-state index contributed by atoms with van der Waals surface area (Å²) in [6.45, 7) is 11.6. The van der Waals surface area contributed by atoms with E-state index < -0.39 is 0 Å². The number of fused-ring (bicyclic) bond motifs is 1. The van der Waals surface area contributed by atoms with E-state index >= 15 is 0 Å². The number of nitrogens with zero attached hydrogens (tertiary/aromatic N) is 5. The number of ether oxygens (including phenoxy) is 2. The Kier molecular flexibility index (Phi) is 6.70. The maximum Gasteiger partial charge on any atom is 0.231 e. The van der Waals surface area contributed by atoms with Crippen molar-refractivity contribution in [2.45, 2.75) is 32.6 Å². The molecule has 1 aromatic carbocycles. The molecule has 1 aliphatic rings. The van der Waals surface area contributed by atoms with Gasteiger partial charge in [-0.3, -0.25) is 4.90 Å². The largest absolute Gasteiger partial charge is 0.477 e. The second-order valence-corrected chi connectivity index (χ2v) is 9.79. The smallest absolute Gasteiger partial charge is 0.231 e. The van der Waals surface area contributed by atoms with Gasteiger partial charge in [0.25, 0.3) is 0 Å². The monoisotopic (exact) mass is 476 g/mol. The predicted molar refractivity (Wildman–Crippen MR) is 134 cm³/mol. The second kappa shape index (κ2) is 10.1. The van der Waals surface area contributed by atoms with Gasteiger partial charge in [-0.2, -0.15) is 0 Å². The number of hydrogen-bond donors (Lipinski definition) is 1. The van der Waals surface area contributed by atoms with Crippen LogP contribution in [0.5, 0.6) is 5.88 Å². The van der Waals surface area contributed by atoms with Crippen molar-refractivity contribution in [3.05, 3.63) is 54.4 Å². The van der Waals surface area contributed by atoms with E-state index in [9.17, 15) is 0 Å². The van der Waals surface area contributed by atoms with E-state index in [2.05, 4.69) is 41.2 Å². The topological polar surface area (TPSA) is 90.0 Å². The molecule has 0 saturated carbocycles. The maximum absolute atomic E-state index is 5.88. The standard InChI is InChI=1S/C26H32N6O3/c1-26(2,3)22-17-23(30-35-22)27-20-7-5-19(6-8-20)21-18-32-24(28-21)9-10-25(29-32)34-14-4-11-31-12-15-33-16-13-31/h5-10,17-18H,4,11-16H2,1-3H3,(H,27,30). The summed E-state index contributed by atoms with van der Waals surface area (Å²) in [5, 5.41) is 12.0. The first kappa shape index (κ1) is 23.3. The minimum absolute atomic E-state index is 0.0816. The average molecular weight is 477 g/mol. The molecular weight excluding hydrogens is 444 g/mol. The molecule has 35 heavy (non-hydrogen) atoms. The van der Waals surface area contributed by atoms with Crippen molar-refractivity contribution in [1.29, 1.82) is 0 Å². The average Bonchev–Trinajstić information content (AvgIpc) is 3.50. The fourth-order valence-corrected chi connectivity index (χ4v) is 3.93. The summed E-state index contributed by atoms with van der Waals surface area (Å²) in [6, 6.07) is 13.8. The number of imidazole rings is 1. The summed E-state index contributed by atoms with van der Waals surface area (Å²) in [6.07, 6.45) is 2.88. The summed E-state index contributed by atoms with van der Waals surface area (Å²) in [4.78, 5) is 7.11. The zero-order valence-corrected chi connectivity index (χ0v) is 20.5. The number of benzene rings is 1. The van der Waals surface area contributed by atoms with Crippen LogP contribution in [0.2, 0.25) is 0 Å². The molecule has 4 aromatic rings. The molecule has 0 bridgehead atoms. The van der Waals surface area contributed by atoms with E-state index in [4.69, 9.17) is 19.0 Å². The van der Waals surface area contributed by atoms with E-state index in [0.29, 0.717) is 18.3 Å². The number of anilines is 2. The first-order valence-electron chi connectivity index (χ1n) is 12.1. The van der Waals surface area contributed by atoms with Gasteiger partial charge in [0.05, 0.1) is 31.7 Å². The Balaban J connectivity index is 1.19. The van der Waals surface area contributed by atoms with Gasteiger partial charge in [-0.1, -0.05) is 38.1 Å². The fraction of sp³-hybridized carbons (Fsp3) is 0.423. The van der Waals surface area contributed by atoms with Crippen LogP contribution in [0, 0.1) is 0 Å². The minimum Gasteiger partial charge on any atom is -0.477 e. The Morgan fingerprint density at radius 2 is 1.86 bits per heavy atom. The minimum atomic E-state index is -0.0816. The molecule has 1 fully saturated rings. The molecule has 1 N–H and O–H groups in total. The number of aromatic nitrogens is 4. The highest BCUT2D eigenvalue weighted by molar-refractivity contribution is 5.66. The molecule has 0 amide bonds. The van der Waals surface area contributed by atoms with E-state index in [0.717, 1.165) is 67.6 Å². The van der Waals surface area contributed by atoms with Crippen LogP contribution in [0.3, 0.4) is 0 Å². The van der Waals surface area contributed by atoms with Crippen LogP contribution in [0.25, 0.3) is 16.9 Å². The lowest BCUT2D eigenvalue weighted by atomic mass is 9.93. The molecule has 0 radical (unpaired) electrons. The van der Waals surface area contributed by atoms with Gasteiger partial charge >= 0.3 is 0 Å². The second-order valence-electron chi connectivity index (χ2n) is 9.79. The predicted octanol–water partition coefficient (Wildman–Crippen LogP) is 4.53. The molecule has 9 nitrogen and oxygen atoms in total. The molecule has 1 saturated heterocycles. The number of rotatable bonds is 8. The van der Waals surface area contributed by atoms with Crippen molar-refractivity contribution in [3.63, 3.8) is 0 Å². The SMILES string of the molecule is CC(C)(C)c1cc(Nc2ccc(-c3cn4nc(OCCCN5CCOCC5)ccc4n3)cc2)no1. The third-order valence-corrected chi connectivity index (χ3v) is 5.97. The van der Waals surface area contributed by atoms with Crippen molar-refractivity contribution >= 4 is 17.2 Å². The highest BCUT2D eigenvalue weighted by Crippen LogP contribution is 2.27.